The standard InChI is InChI=1S/C14H27BN2O3/c1-4-16-8-6-5-7-11-13(17-10(3)18)12(15)14(19)9(2)20-11/h9,11-14,16,19H,4-8H2,1-3H3,(H,17,18). The molecule has 5 atom stereocenters. The van der Waals surface area contributed by atoms with Gasteiger partial charge in [-0.1, -0.05) is 6.92 Å². The van der Waals surface area contributed by atoms with Gasteiger partial charge in [-0.3, -0.25) is 4.79 Å². The van der Waals surface area contributed by atoms with Crippen LogP contribution in [0.2, 0.25) is 5.82 Å². The first-order chi connectivity index (χ1) is 9.47. The van der Waals surface area contributed by atoms with Gasteiger partial charge in [0.1, 0.15) is 0 Å². The predicted molar refractivity (Wildman–Crippen MR) is 79.8 cm³/mol. The minimum Gasteiger partial charge on any atom is -0.391 e. The molecule has 1 aliphatic heterocycles. The summed E-state index contributed by atoms with van der Waals surface area (Å²) in [4.78, 5) is 11.3. The van der Waals surface area contributed by atoms with E-state index in [1.165, 1.54) is 6.92 Å². The van der Waals surface area contributed by atoms with Crippen molar-refractivity contribution in [3.63, 3.8) is 0 Å². The lowest BCUT2D eigenvalue weighted by Gasteiger charge is -2.43. The van der Waals surface area contributed by atoms with E-state index in [4.69, 9.17) is 12.6 Å². The zero-order chi connectivity index (χ0) is 15.1. The van der Waals surface area contributed by atoms with Crippen molar-refractivity contribution in [3.8, 4) is 0 Å². The number of unbranched alkanes of at least 4 members (excludes halogenated alkanes) is 1. The van der Waals surface area contributed by atoms with Gasteiger partial charge in [-0.25, -0.2) is 0 Å². The van der Waals surface area contributed by atoms with E-state index in [0.29, 0.717) is 0 Å². The van der Waals surface area contributed by atoms with Crippen LogP contribution < -0.4 is 10.6 Å². The normalized spacial score (nSPS) is 33.9. The summed E-state index contributed by atoms with van der Waals surface area (Å²) in [7, 11) is 6.05. The highest BCUT2D eigenvalue weighted by atomic mass is 16.5. The van der Waals surface area contributed by atoms with Gasteiger partial charge in [0.25, 0.3) is 0 Å². The van der Waals surface area contributed by atoms with Gasteiger partial charge in [-0.15, -0.1) is 0 Å². The van der Waals surface area contributed by atoms with Crippen LogP contribution in [0.1, 0.15) is 40.0 Å². The molecule has 3 N–H and O–H groups in total. The molecule has 5 nitrogen and oxygen atoms in total. The number of nitrogens with one attached hydrogen (secondary N) is 2. The molecule has 0 aliphatic carbocycles. The maximum absolute atomic E-state index is 11.3. The first kappa shape index (κ1) is 17.5. The van der Waals surface area contributed by atoms with Crippen LogP contribution in [0, 0.1) is 0 Å². The second-order valence-electron chi connectivity index (χ2n) is 5.52. The molecule has 1 fully saturated rings. The van der Waals surface area contributed by atoms with Gasteiger partial charge in [-0.2, -0.15) is 0 Å². The van der Waals surface area contributed by atoms with Gasteiger partial charge in [0.05, 0.1) is 32.2 Å². The Kier molecular flexibility index (Phi) is 7.55. The van der Waals surface area contributed by atoms with E-state index < -0.39 is 11.9 Å². The molecule has 0 bridgehead atoms. The maximum Gasteiger partial charge on any atom is 0.217 e. The fourth-order valence-electron chi connectivity index (χ4n) is 2.66. The molecule has 0 aromatic rings. The Bertz CT molecular complexity index is 304. The summed E-state index contributed by atoms with van der Waals surface area (Å²) in [5.74, 6) is -0.630. The molecule has 1 amide bonds. The zero-order valence-corrected chi connectivity index (χ0v) is 12.8. The van der Waals surface area contributed by atoms with Crippen molar-refractivity contribution in [2.45, 2.75) is 70.2 Å². The first-order valence-electron chi connectivity index (χ1n) is 7.54. The molecule has 0 aromatic carbocycles. The van der Waals surface area contributed by atoms with Crippen LogP contribution in [0.25, 0.3) is 0 Å². The predicted octanol–water partition coefficient (Wildman–Crippen LogP) is 0.376. The molecule has 6 heteroatoms. The van der Waals surface area contributed by atoms with Crippen LogP contribution >= 0.6 is 0 Å². The van der Waals surface area contributed by atoms with E-state index in [1.807, 2.05) is 6.92 Å². The minimum absolute atomic E-state index is 0.131. The Balaban J connectivity index is 2.52. The lowest BCUT2D eigenvalue weighted by atomic mass is 9.70. The van der Waals surface area contributed by atoms with Gasteiger partial charge in [-0.05, 0) is 45.1 Å². The van der Waals surface area contributed by atoms with Crippen molar-refractivity contribution in [2.24, 2.45) is 0 Å². The summed E-state index contributed by atoms with van der Waals surface area (Å²) in [6.45, 7) is 7.32. The Hall–Kier alpha value is -0.585. The van der Waals surface area contributed by atoms with Gasteiger partial charge >= 0.3 is 0 Å². The summed E-state index contributed by atoms with van der Waals surface area (Å²) in [6.07, 6.45) is 1.73. The number of aliphatic hydroxyl groups is 1. The van der Waals surface area contributed by atoms with E-state index in [9.17, 15) is 9.90 Å². The third kappa shape index (κ3) is 5.07. The van der Waals surface area contributed by atoms with Crippen molar-refractivity contribution >= 4 is 13.8 Å². The fourth-order valence-corrected chi connectivity index (χ4v) is 2.66. The molecule has 5 unspecified atom stereocenters. The van der Waals surface area contributed by atoms with Crippen molar-refractivity contribution in [3.05, 3.63) is 0 Å². The summed E-state index contributed by atoms with van der Waals surface area (Å²) < 4.78 is 5.82. The second-order valence-corrected chi connectivity index (χ2v) is 5.52. The maximum atomic E-state index is 11.3. The van der Waals surface area contributed by atoms with Crippen LogP contribution in [0.4, 0.5) is 0 Å². The van der Waals surface area contributed by atoms with E-state index in [1.54, 1.807) is 0 Å². The Morgan fingerprint density at radius 1 is 1.40 bits per heavy atom. The van der Waals surface area contributed by atoms with Gasteiger partial charge in [0.2, 0.25) is 5.91 Å². The molecule has 0 saturated carbocycles. The molecule has 114 valence electrons. The van der Waals surface area contributed by atoms with E-state index in [-0.39, 0.29) is 24.2 Å². The van der Waals surface area contributed by atoms with Crippen molar-refractivity contribution in [2.75, 3.05) is 13.1 Å². The average Bonchev–Trinajstić information content (AvgIpc) is 2.40. The fraction of sp³-hybridized carbons (Fsp3) is 0.929. The summed E-state index contributed by atoms with van der Waals surface area (Å²) in [5, 5.41) is 16.1. The Labute approximate surface area is 123 Å². The number of carbonyl (C=O) groups is 1. The SMILES string of the molecule is [B]C1C(O)C(C)OC(CCCCNCC)C1NC(C)=O. The number of carbonyl (C=O) groups excluding carboxylic acids is 1. The monoisotopic (exact) mass is 282 g/mol. The molecule has 1 aliphatic rings. The quantitative estimate of drug-likeness (QED) is 0.466. The molecule has 20 heavy (non-hydrogen) atoms. The third-order valence-corrected chi connectivity index (χ3v) is 3.79. The number of rotatable bonds is 7. The van der Waals surface area contributed by atoms with Crippen molar-refractivity contribution in [1.29, 1.82) is 0 Å². The summed E-state index contributed by atoms with van der Waals surface area (Å²) >= 11 is 0. The molecular weight excluding hydrogens is 255 g/mol. The molecule has 0 spiro atoms. The second kappa shape index (κ2) is 8.65. The largest absolute Gasteiger partial charge is 0.391 e. The Morgan fingerprint density at radius 2 is 2.10 bits per heavy atom. The number of ether oxygens (including phenoxy) is 1. The Morgan fingerprint density at radius 3 is 2.70 bits per heavy atom. The molecule has 1 rings (SSSR count). The number of aliphatic hydroxyl groups excluding tert-OH is 1. The molecule has 1 heterocycles. The molecule has 2 radical (unpaired) electrons. The highest BCUT2D eigenvalue weighted by molar-refractivity contribution is 6.13. The number of hydrogen-bond donors (Lipinski definition) is 3. The van der Waals surface area contributed by atoms with E-state index in [2.05, 4.69) is 17.6 Å². The van der Waals surface area contributed by atoms with E-state index >= 15 is 0 Å². The zero-order valence-electron chi connectivity index (χ0n) is 12.8. The molecule has 1 saturated heterocycles. The topological polar surface area (TPSA) is 70.6 Å². The third-order valence-electron chi connectivity index (χ3n) is 3.79. The van der Waals surface area contributed by atoms with Gasteiger partial charge < -0.3 is 20.5 Å². The van der Waals surface area contributed by atoms with Crippen LogP contribution in [0.3, 0.4) is 0 Å². The van der Waals surface area contributed by atoms with Crippen LogP contribution in [-0.4, -0.2) is 56.3 Å². The van der Waals surface area contributed by atoms with E-state index in [0.717, 1.165) is 32.4 Å². The summed E-state index contributed by atoms with van der Waals surface area (Å²) in [5.41, 5.74) is 0. The van der Waals surface area contributed by atoms with Crippen LogP contribution in [0.5, 0.6) is 0 Å². The highest BCUT2D eigenvalue weighted by Crippen LogP contribution is 2.30. The average molecular weight is 282 g/mol. The van der Waals surface area contributed by atoms with Gasteiger partial charge in [0, 0.05) is 6.92 Å². The lowest BCUT2D eigenvalue weighted by Crippen LogP contribution is -2.57. The van der Waals surface area contributed by atoms with Crippen LogP contribution in [0.15, 0.2) is 0 Å². The minimum atomic E-state index is -0.746. The van der Waals surface area contributed by atoms with Crippen LogP contribution in [-0.2, 0) is 9.53 Å². The number of amides is 1. The lowest BCUT2D eigenvalue weighted by molar-refractivity contribution is -0.137. The first-order valence-corrected chi connectivity index (χ1v) is 7.54. The highest BCUT2D eigenvalue weighted by Gasteiger charge is 2.40. The smallest absolute Gasteiger partial charge is 0.217 e. The van der Waals surface area contributed by atoms with Crippen molar-refractivity contribution in [1.82, 2.24) is 10.6 Å². The summed E-state index contributed by atoms with van der Waals surface area (Å²) in [6, 6.07) is -0.321. The van der Waals surface area contributed by atoms with Crippen molar-refractivity contribution < 1.29 is 14.6 Å². The molecular formula is C14H27BN2O3. The molecule has 0 aromatic heterocycles. The van der Waals surface area contributed by atoms with Gasteiger partial charge in [0.15, 0.2) is 0 Å². The number of hydrogen-bond acceptors (Lipinski definition) is 4.